The fourth-order valence-corrected chi connectivity index (χ4v) is 1.64. The first-order valence-electron chi connectivity index (χ1n) is 5.38. The number of carboxylic acids is 1. The van der Waals surface area contributed by atoms with Gasteiger partial charge in [-0.25, -0.2) is 4.79 Å². The molecule has 0 fully saturated rings. The Hall–Kier alpha value is -2.15. The average molecular weight is 254 g/mol. The first-order chi connectivity index (χ1) is 8.51. The summed E-state index contributed by atoms with van der Waals surface area (Å²) in [5, 5.41) is 28.5. The Morgan fingerprint density at radius 2 is 2.17 bits per heavy atom. The van der Waals surface area contributed by atoms with Crippen molar-refractivity contribution in [3.05, 3.63) is 33.9 Å². The van der Waals surface area contributed by atoms with Crippen molar-refractivity contribution in [3.63, 3.8) is 0 Å². The van der Waals surface area contributed by atoms with Gasteiger partial charge >= 0.3 is 5.97 Å². The molecule has 0 spiro atoms. The van der Waals surface area contributed by atoms with Crippen molar-refractivity contribution < 1.29 is 19.9 Å². The molecule has 1 rings (SSSR count). The number of nitro benzene ring substituents is 1. The summed E-state index contributed by atoms with van der Waals surface area (Å²) in [6, 6.07) is 3.91. The molecular formula is C11H14N2O5. The van der Waals surface area contributed by atoms with E-state index in [1.54, 1.807) is 4.90 Å². The molecule has 0 bridgehead atoms. The fraction of sp³-hybridized carbons (Fsp3) is 0.364. The zero-order chi connectivity index (χ0) is 13.7. The molecule has 0 heterocycles. The van der Waals surface area contributed by atoms with Crippen LogP contribution in [0.2, 0.25) is 0 Å². The second-order valence-corrected chi connectivity index (χ2v) is 3.57. The summed E-state index contributed by atoms with van der Waals surface area (Å²) in [6.07, 6.45) is 0. The van der Waals surface area contributed by atoms with Gasteiger partial charge in [0.2, 0.25) is 0 Å². The SMILES string of the molecule is CCN(CCO)c1ccc(C(=O)O)c([N+](=O)[O-])c1. The van der Waals surface area contributed by atoms with Crippen molar-refractivity contribution in [3.8, 4) is 0 Å². The summed E-state index contributed by atoms with van der Waals surface area (Å²) >= 11 is 0. The predicted molar refractivity (Wildman–Crippen MR) is 65.0 cm³/mol. The fourth-order valence-electron chi connectivity index (χ4n) is 1.64. The third-order valence-electron chi connectivity index (χ3n) is 2.53. The number of carbonyl (C=O) groups is 1. The Morgan fingerprint density at radius 3 is 2.61 bits per heavy atom. The molecule has 0 aliphatic carbocycles. The largest absolute Gasteiger partial charge is 0.477 e. The number of aliphatic hydroxyl groups excluding tert-OH is 1. The van der Waals surface area contributed by atoms with Gasteiger partial charge < -0.3 is 15.1 Å². The number of rotatable bonds is 6. The van der Waals surface area contributed by atoms with Gasteiger partial charge in [0.15, 0.2) is 0 Å². The van der Waals surface area contributed by atoms with E-state index < -0.39 is 16.6 Å². The number of aromatic carboxylic acids is 1. The van der Waals surface area contributed by atoms with Gasteiger partial charge in [0.25, 0.3) is 5.69 Å². The Labute approximate surface area is 103 Å². The number of anilines is 1. The van der Waals surface area contributed by atoms with E-state index in [4.69, 9.17) is 10.2 Å². The number of likely N-dealkylation sites (N-methyl/N-ethyl adjacent to an activating group) is 1. The minimum absolute atomic E-state index is 0.0810. The number of nitro groups is 1. The third kappa shape index (κ3) is 2.95. The van der Waals surface area contributed by atoms with E-state index in [1.807, 2.05) is 6.92 Å². The molecular weight excluding hydrogens is 240 g/mol. The summed E-state index contributed by atoms with van der Waals surface area (Å²) in [5.74, 6) is -1.33. The van der Waals surface area contributed by atoms with Crippen molar-refractivity contribution in [1.29, 1.82) is 0 Å². The Morgan fingerprint density at radius 1 is 1.50 bits per heavy atom. The van der Waals surface area contributed by atoms with Crippen LogP contribution in [-0.4, -0.2) is 40.8 Å². The lowest BCUT2D eigenvalue weighted by Crippen LogP contribution is -2.26. The first kappa shape index (κ1) is 13.9. The molecule has 0 aliphatic heterocycles. The molecule has 1 aromatic rings. The van der Waals surface area contributed by atoms with Crippen molar-refractivity contribution in [1.82, 2.24) is 0 Å². The maximum Gasteiger partial charge on any atom is 0.342 e. The third-order valence-corrected chi connectivity index (χ3v) is 2.53. The van der Waals surface area contributed by atoms with Gasteiger partial charge in [0.05, 0.1) is 11.5 Å². The number of hydrogen-bond acceptors (Lipinski definition) is 5. The quantitative estimate of drug-likeness (QED) is 0.582. The molecule has 0 aliphatic rings. The van der Waals surface area contributed by atoms with Crippen LogP contribution in [0.25, 0.3) is 0 Å². The molecule has 0 saturated carbocycles. The zero-order valence-electron chi connectivity index (χ0n) is 9.87. The van der Waals surface area contributed by atoms with Crippen LogP contribution in [0, 0.1) is 10.1 Å². The summed E-state index contributed by atoms with van der Waals surface area (Å²) < 4.78 is 0. The molecule has 0 radical (unpaired) electrons. The maximum atomic E-state index is 10.8. The van der Waals surface area contributed by atoms with Crippen LogP contribution in [0.3, 0.4) is 0 Å². The van der Waals surface area contributed by atoms with Crippen LogP contribution in [0.5, 0.6) is 0 Å². The summed E-state index contributed by atoms with van der Waals surface area (Å²) in [4.78, 5) is 22.7. The van der Waals surface area contributed by atoms with E-state index in [9.17, 15) is 14.9 Å². The number of benzene rings is 1. The molecule has 98 valence electrons. The predicted octanol–water partition coefficient (Wildman–Crippen LogP) is 1.11. The Bertz CT molecular complexity index is 461. The summed E-state index contributed by atoms with van der Waals surface area (Å²) in [6.45, 7) is 2.65. The van der Waals surface area contributed by atoms with Crippen molar-refractivity contribution in [2.75, 3.05) is 24.6 Å². The van der Waals surface area contributed by atoms with Crippen LogP contribution in [0.4, 0.5) is 11.4 Å². The number of aliphatic hydroxyl groups is 1. The number of hydrogen-bond donors (Lipinski definition) is 2. The van der Waals surface area contributed by atoms with Gasteiger partial charge in [0, 0.05) is 24.8 Å². The van der Waals surface area contributed by atoms with E-state index >= 15 is 0 Å². The monoisotopic (exact) mass is 254 g/mol. The molecule has 0 saturated heterocycles. The maximum absolute atomic E-state index is 10.8. The molecule has 0 amide bonds. The average Bonchev–Trinajstić information content (AvgIpc) is 2.35. The van der Waals surface area contributed by atoms with Gasteiger partial charge in [-0.2, -0.15) is 0 Å². The standard InChI is InChI=1S/C11H14N2O5/c1-2-12(5-6-14)8-3-4-9(11(15)16)10(7-8)13(17)18/h3-4,7,14H,2,5-6H2,1H3,(H,15,16). The molecule has 7 nitrogen and oxygen atoms in total. The topological polar surface area (TPSA) is 104 Å². The van der Waals surface area contributed by atoms with Gasteiger partial charge in [-0.1, -0.05) is 0 Å². The Balaban J connectivity index is 3.21. The van der Waals surface area contributed by atoms with Crippen molar-refractivity contribution in [2.45, 2.75) is 6.92 Å². The molecule has 1 aromatic carbocycles. The highest BCUT2D eigenvalue weighted by molar-refractivity contribution is 5.93. The minimum atomic E-state index is -1.33. The first-order valence-corrected chi connectivity index (χ1v) is 5.38. The highest BCUT2D eigenvalue weighted by Crippen LogP contribution is 2.25. The second-order valence-electron chi connectivity index (χ2n) is 3.57. The molecule has 0 aromatic heterocycles. The lowest BCUT2D eigenvalue weighted by Gasteiger charge is -2.21. The highest BCUT2D eigenvalue weighted by atomic mass is 16.6. The Kier molecular flexibility index (Phi) is 4.61. The van der Waals surface area contributed by atoms with Crippen LogP contribution in [-0.2, 0) is 0 Å². The van der Waals surface area contributed by atoms with Crippen LogP contribution < -0.4 is 4.90 Å². The smallest absolute Gasteiger partial charge is 0.342 e. The highest BCUT2D eigenvalue weighted by Gasteiger charge is 2.21. The molecule has 2 N–H and O–H groups in total. The second kappa shape index (κ2) is 5.97. The van der Waals surface area contributed by atoms with Crippen LogP contribution in [0.1, 0.15) is 17.3 Å². The van der Waals surface area contributed by atoms with Crippen molar-refractivity contribution in [2.24, 2.45) is 0 Å². The zero-order valence-corrected chi connectivity index (χ0v) is 9.87. The minimum Gasteiger partial charge on any atom is -0.477 e. The summed E-state index contributed by atoms with van der Waals surface area (Å²) in [7, 11) is 0. The normalized spacial score (nSPS) is 10.1. The van der Waals surface area contributed by atoms with Gasteiger partial charge in [0.1, 0.15) is 5.56 Å². The number of carboxylic acid groups (broad SMARTS) is 1. The van der Waals surface area contributed by atoms with Gasteiger partial charge in [-0.15, -0.1) is 0 Å². The molecule has 0 unspecified atom stereocenters. The van der Waals surface area contributed by atoms with E-state index in [0.29, 0.717) is 18.8 Å². The van der Waals surface area contributed by atoms with E-state index in [1.165, 1.54) is 18.2 Å². The summed E-state index contributed by atoms with van der Waals surface area (Å²) in [5.41, 5.74) is -0.275. The van der Waals surface area contributed by atoms with E-state index in [2.05, 4.69) is 0 Å². The molecule has 18 heavy (non-hydrogen) atoms. The van der Waals surface area contributed by atoms with Gasteiger partial charge in [-0.3, -0.25) is 10.1 Å². The van der Waals surface area contributed by atoms with E-state index in [0.717, 1.165) is 0 Å². The molecule has 7 heteroatoms. The lowest BCUT2D eigenvalue weighted by atomic mass is 10.1. The lowest BCUT2D eigenvalue weighted by molar-refractivity contribution is -0.385. The van der Waals surface area contributed by atoms with Crippen molar-refractivity contribution >= 4 is 17.3 Å². The van der Waals surface area contributed by atoms with Gasteiger partial charge in [-0.05, 0) is 19.1 Å². The van der Waals surface area contributed by atoms with Crippen LogP contribution in [0.15, 0.2) is 18.2 Å². The molecule has 0 atom stereocenters. The van der Waals surface area contributed by atoms with Crippen LogP contribution >= 0.6 is 0 Å². The van der Waals surface area contributed by atoms with E-state index in [-0.39, 0.29) is 12.2 Å². The number of nitrogens with zero attached hydrogens (tertiary/aromatic N) is 2.